The Kier molecular flexibility index (Phi) is 4.09. The minimum absolute atomic E-state index is 0.418. The van der Waals surface area contributed by atoms with E-state index in [-0.39, 0.29) is 0 Å². The lowest BCUT2D eigenvalue weighted by Crippen LogP contribution is -2.41. The second-order valence-corrected chi connectivity index (χ2v) is 6.16. The summed E-state index contributed by atoms with van der Waals surface area (Å²) >= 11 is 6.06. The highest BCUT2D eigenvalue weighted by Crippen LogP contribution is 2.38. The monoisotopic (exact) mass is 285 g/mol. The standard InChI is InChI=1S/C18H20ClN/c1-13(14-6-3-2-4-7-14)20-18-11-16(12-18)15-8-5-9-17(19)10-15/h2-10,13,16,18,20H,11-12H2,1H3/t13-,16?,18?/m0/s1. The fraction of sp³-hybridized carbons (Fsp3) is 0.333. The van der Waals surface area contributed by atoms with Crippen LogP contribution < -0.4 is 5.32 Å². The molecule has 1 nitrogen and oxygen atoms in total. The molecule has 0 saturated heterocycles. The van der Waals surface area contributed by atoms with Crippen molar-refractivity contribution in [1.82, 2.24) is 5.32 Å². The molecule has 1 atom stereocenters. The predicted molar refractivity (Wildman–Crippen MR) is 85.2 cm³/mol. The largest absolute Gasteiger partial charge is 0.307 e. The van der Waals surface area contributed by atoms with Crippen LogP contribution in [-0.2, 0) is 0 Å². The summed E-state index contributed by atoms with van der Waals surface area (Å²) in [5.41, 5.74) is 2.74. The molecule has 20 heavy (non-hydrogen) atoms. The molecule has 2 aromatic carbocycles. The Morgan fingerprint density at radius 1 is 1.05 bits per heavy atom. The van der Waals surface area contributed by atoms with Crippen LogP contribution in [0, 0.1) is 0 Å². The first-order valence-electron chi connectivity index (χ1n) is 7.29. The fourth-order valence-corrected chi connectivity index (χ4v) is 3.18. The minimum atomic E-state index is 0.418. The Hall–Kier alpha value is -1.31. The topological polar surface area (TPSA) is 12.0 Å². The molecule has 0 amide bonds. The Morgan fingerprint density at radius 3 is 2.50 bits per heavy atom. The number of hydrogen-bond acceptors (Lipinski definition) is 1. The third-order valence-electron chi connectivity index (χ3n) is 4.24. The summed E-state index contributed by atoms with van der Waals surface area (Å²) in [6.07, 6.45) is 2.41. The van der Waals surface area contributed by atoms with Crippen molar-refractivity contribution in [3.05, 3.63) is 70.7 Å². The van der Waals surface area contributed by atoms with Crippen LogP contribution in [0.4, 0.5) is 0 Å². The molecule has 1 aliphatic carbocycles. The van der Waals surface area contributed by atoms with Gasteiger partial charge in [0.25, 0.3) is 0 Å². The summed E-state index contributed by atoms with van der Waals surface area (Å²) in [6, 6.07) is 19.9. The van der Waals surface area contributed by atoms with E-state index in [1.54, 1.807) is 0 Å². The van der Waals surface area contributed by atoms with Crippen molar-refractivity contribution in [2.45, 2.75) is 37.8 Å². The number of halogens is 1. The molecule has 1 fully saturated rings. The first-order valence-corrected chi connectivity index (χ1v) is 7.66. The maximum absolute atomic E-state index is 6.06. The van der Waals surface area contributed by atoms with Crippen molar-refractivity contribution in [3.8, 4) is 0 Å². The predicted octanol–water partition coefficient (Wildman–Crippen LogP) is 4.94. The normalized spacial score (nSPS) is 23.1. The average molecular weight is 286 g/mol. The van der Waals surface area contributed by atoms with E-state index in [9.17, 15) is 0 Å². The molecule has 104 valence electrons. The van der Waals surface area contributed by atoms with Crippen LogP contribution in [0.15, 0.2) is 54.6 Å². The van der Waals surface area contributed by atoms with Crippen molar-refractivity contribution < 1.29 is 0 Å². The molecule has 0 heterocycles. The highest BCUT2D eigenvalue weighted by Gasteiger charge is 2.31. The van der Waals surface area contributed by atoms with Gasteiger partial charge in [-0.3, -0.25) is 0 Å². The highest BCUT2D eigenvalue weighted by atomic mass is 35.5. The van der Waals surface area contributed by atoms with Gasteiger partial charge >= 0.3 is 0 Å². The maximum atomic E-state index is 6.06. The zero-order valence-electron chi connectivity index (χ0n) is 11.7. The summed E-state index contributed by atoms with van der Waals surface area (Å²) in [5, 5.41) is 4.56. The van der Waals surface area contributed by atoms with E-state index < -0.39 is 0 Å². The van der Waals surface area contributed by atoms with Gasteiger partial charge in [0, 0.05) is 17.1 Å². The Morgan fingerprint density at radius 2 is 1.80 bits per heavy atom. The second kappa shape index (κ2) is 5.99. The first kappa shape index (κ1) is 13.7. The zero-order valence-corrected chi connectivity index (χ0v) is 12.5. The van der Waals surface area contributed by atoms with Gasteiger partial charge in [-0.05, 0) is 48.9 Å². The third kappa shape index (κ3) is 3.05. The number of hydrogen-bond donors (Lipinski definition) is 1. The molecule has 2 aromatic rings. The van der Waals surface area contributed by atoms with Gasteiger partial charge in [-0.25, -0.2) is 0 Å². The molecular weight excluding hydrogens is 266 g/mol. The van der Waals surface area contributed by atoms with Gasteiger partial charge < -0.3 is 5.32 Å². The third-order valence-corrected chi connectivity index (χ3v) is 4.48. The maximum Gasteiger partial charge on any atom is 0.0408 e. The molecule has 0 bridgehead atoms. The van der Waals surface area contributed by atoms with Gasteiger partial charge in [-0.15, -0.1) is 0 Å². The molecule has 1 saturated carbocycles. The molecule has 0 spiro atoms. The molecule has 1 aliphatic rings. The Labute approximate surface area is 126 Å². The van der Waals surface area contributed by atoms with Crippen LogP contribution in [0.2, 0.25) is 5.02 Å². The lowest BCUT2D eigenvalue weighted by molar-refractivity contribution is 0.271. The van der Waals surface area contributed by atoms with Crippen LogP contribution in [0.25, 0.3) is 0 Å². The van der Waals surface area contributed by atoms with E-state index in [0.29, 0.717) is 18.0 Å². The van der Waals surface area contributed by atoms with E-state index >= 15 is 0 Å². The van der Waals surface area contributed by atoms with Crippen LogP contribution >= 0.6 is 11.6 Å². The molecule has 2 heteroatoms. The number of benzene rings is 2. The van der Waals surface area contributed by atoms with Gasteiger partial charge in [0.1, 0.15) is 0 Å². The van der Waals surface area contributed by atoms with Gasteiger partial charge in [0.05, 0.1) is 0 Å². The van der Waals surface area contributed by atoms with Crippen LogP contribution in [0.5, 0.6) is 0 Å². The van der Waals surface area contributed by atoms with Crippen molar-refractivity contribution in [3.63, 3.8) is 0 Å². The first-order chi connectivity index (χ1) is 9.72. The summed E-state index contributed by atoms with van der Waals surface area (Å²) in [5.74, 6) is 0.661. The van der Waals surface area contributed by atoms with E-state index in [1.807, 2.05) is 12.1 Å². The van der Waals surface area contributed by atoms with Gasteiger partial charge in [-0.1, -0.05) is 54.1 Å². The summed E-state index contributed by atoms with van der Waals surface area (Å²) in [6.45, 7) is 2.24. The van der Waals surface area contributed by atoms with Crippen LogP contribution in [-0.4, -0.2) is 6.04 Å². The lowest BCUT2D eigenvalue weighted by atomic mass is 9.75. The fourth-order valence-electron chi connectivity index (χ4n) is 2.98. The smallest absolute Gasteiger partial charge is 0.0408 e. The molecule has 0 radical (unpaired) electrons. The lowest BCUT2D eigenvalue weighted by Gasteiger charge is -2.38. The molecule has 0 aromatic heterocycles. The highest BCUT2D eigenvalue weighted by molar-refractivity contribution is 6.30. The van der Waals surface area contributed by atoms with Crippen molar-refractivity contribution in [2.75, 3.05) is 0 Å². The summed E-state index contributed by atoms with van der Waals surface area (Å²) < 4.78 is 0. The van der Waals surface area contributed by atoms with Crippen molar-refractivity contribution in [2.24, 2.45) is 0 Å². The van der Waals surface area contributed by atoms with E-state index in [1.165, 1.54) is 24.0 Å². The van der Waals surface area contributed by atoms with Crippen LogP contribution in [0.3, 0.4) is 0 Å². The Balaban J connectivity index is 1.54. The second-order valence-electron chi connectivity index (χ2n) is 5.72. The molecule has 0 unspecified atom stereocenters. The average Bonchev–Trinajstić information content (AvgIpc) is 2.43. The van der Waals surface area contributed by atoms with E-state index in [2.05, 4.69) is 54.7 Å². The van der Waals surface area contributed by atoms with Crippen LogP contribution in [0.1, 0.15) is 42.9 Å². The van der Waals surface area contributed by atoms with E-state index in [4.69, 9.17) is 11.6 Å². The number of rotatable bonds is 4. The Bertz CT molecular complexity index is 561. The van der Waals surface area contributed by atoms with E-state index in [0.717, 1.165) is 5.02 Å². The van der Waals surface area contributed by atoms with Crippen molar-refractivity contribution in [1.29, 1.82) is 0 Å². The van der Waals surface area contributed by atoms with Gasteiger partial charge in [-0.2, -0.15) is 0 Å². The summed E-state index contributed by atoms with van der Waals surface area (Å²) in [7, 11) is 0. The summed E-state index contributed by atoms with van der Waals surface area (Å²) in [4.78, 5) is 0. The quantitative estimate of drug-likeness (QED) is 0.839. The van der Waals surface area contributed by atoms with Crippen molar-refractivity contribution >= 4 is 11.6 Å². The molecule has 0 aliphatic heterocycles. The molecule has 1 N–H and O–H groups in total. The molecular formula is C18H20ClN. The minimum Gasteiger partial charge on any atom is -0.307 e. The van der Waals surface area contributed by atoms with Gasteiger partial charge in [0.15, 0.2) is 0 Å². The number of nitrogens with one attached hydrogen (secondary N) is 1. The molecule has 3 rings (SSSR count). The SMILES string of the molecule is C[C@H](NC1CC(c2cccc(Cl)c2)C1)c1ccccc1. The van der Waals surface area contributed by atoms with Gasteiger partial charge in [0.2, 0.25) is 0 Å². The zero-order chi connectivity index (χ0) is 13.9.